The van der Waals surface area contributed by atoms with Crippen molar-refractivity contribution in [1.29, 1.82) is 0 Å². The number of thioether (sulfide) groups is 1. The smallest absolute Gasteiger partial charge is 0.175 e. The van der Waals surface area contributed by atoms with Crippen LogP contribution in [-0.4, -0.2) is 48.2 Å². The fraction of sp³-hybridized carbons (Fsp3) is 0.667. The van der Waals surface area contributed by atoms with Gasteiger partial charge in [0.1, 0.15) is 5.60 Å². The van der Waals surface area contributed by atoms with E-state index < -0.39 is 17.1 Å². The van der Waals surface area contributed by atoms with E-state index in [4.69, 9.17) is 5.10 Å². The van der Waals surface area contributed by atoms with E-state index in [9.17, 15) is 15.0 Å². The number of carbonyl (C=O) groups excluding carboxylic acids is 1. The molecule has 5 aliphatic carbocycles. The highest BCUT2D eigenvalue weighted by Gasteiger charge is 2.68. The number of pyridine rings is 1. The number of ketones is 1. The second kappa shape index (κ2) is 9.81. The van der Waals surface area contributed by atoms with Gasteiger partial charge in [0.2, 0.25) is 0 Å². The van der Waals surface area contributed by atoms with Gasteiger partial charge in [-0.3, -0.25) is 9.48 Å². The predicted octanol–water partition coefficient (Wildman–Crippen LogP) is 6.03. The molecule has 2 N–H and O–H groups in total. The molecular formula is C33H43N3O3S. The molecule has 0 aromatic carbocycles. The first-order valence-electron chi connectivity index (χ1n) is 15.5. The van der Waals surface area contributed by atoms with Crippen LogP contribution in [0.3, 0.4) is 0 Å². The summed E-state index contributed by atoms with van der Waals surface area (Å²) < 4.78 is 2.31. The van der Waals surface area contributed by atoms with Crippen LogP contribution in [0.5, 0.6) is 0 Å². The number of nitrogens with zero attached hydrogens (tertiary/aromatic N) is 3. The largest absolute Gasteiger partial charge is 0.393 e. The van der Waals surface area contributed by atoms with Gasteiger partial charge in [0.05, 0.1) is 34.8 Å². The molecule has 6 unspecified atom stereocenters. The number of hydrogen-bond donors (Lipinski definition) is 2. The molecule has 0 spiro atoms. The average molecular weight is 562 g/mol. The molecule has 0 aliphatic heterocycles. The molecule has 4 saturated carbocycles. The molecule has 7 rings (SSSR count). The van der Waals surface area contributed by atoms with Gasteiger partial charge in [0.25, 0.3) is 0 Å². The zero-order valence-electron chi connectivity index (χ0n) is 23.9. The van der Waals surface area contributed by atoms with Crippen LogP contribution in [-0.2, 0) is 11.2 Å². The topological polar surface area (TPSA) is 88.2 Å². The molecule has 2 aromatic rings. The van der Waals surface area contributed by atoms with E-state index in [1.807, 2.05) is 18.2 Å². The Balaban J connectivity index is 1.14. The van der Waals surface area contributed by atoms with Gasteiger partial charge >= 0.3 is 0 Å². The van der Waals surface area contributed by atoms with Crippen molar-refractivity contribution in [1.82, 2.24) is 14.8 Å². The molecule has 6 nitrogen and oxygen atoms in total. The molecule has 4 fully saturated rings. The van der Waals surface area contributed by atoms with Gasteiger partial charge in [0.15, 0.2) is 5.78 Å². The Kier molecular flexibility index (Phi) is 6.60. The third kappa shape index (κ3) is 3.94. The fourth-order valence-corrected chi connectivity index (χ4v) is 10.8. The van der Waals surface area contributed by atoms with E-state index in [2.05, 4.69) is 35.8 Å². The van der Waals surface area contributed by atoms with Crippen molar-refractivity contribution in [3.05, 3.63) is 47.4 Å². The van der Waals surface area contributed by atoms with Crippen molar-refractivity contribution < 1.29 is 15.0 Å². The first-order valence-corrected chi connectivity index (χ1v) is 16.5. The van der Waals surface area contributed by atoms with Crippen LogP contribution < -0.4 is 0 Å². The Bertz CT molecular complexity index is 1320. The van der Waals surface area contributed by atoms with Gasteiger partial charge in [-0.05, 0) is 98.3 Å². The summed E-state index contributed by atoms with van der Waals surface area (Å²) in [5, 5.41) is 29.7. The fourth-order valence-electron chi connectivity index (χ4n) is 9.98. The standard InChI is InChI=1S/C33H43N3O3S/c1-31-17-21-19-35-36(23-8-4-3-5-9-23)26(21)16-22(31)11-12-24-25-13-14-33(39,32(25,2)18-27(37)30(24)31)28(38)20-40-29-10-6-7-15-34-29/h6-7,10,15-16,19,23-25,27,30,37,39H,3-5,8-9,11-14,17-18,20H2,1-2H3/t24?,25?,27?,30?,31?,32?,33-/m0/s1. The van der Waals surface area contributed by atoms with Crippen LogP contribution >= 0.6 is 11.8 Å². The Morgan fingerprint density at radius 2 is 1.98 bits per heavy atom. The molecule has 0 saturated heterocycles. The summed E-state index contributed by atoms with van der Waals surface area (Å²) in [6, 6.07) is 6.20. The van der Waals surface area contributed by atoms with Crippen molar-refractivity contribution in [3.8, 4) is 0 Å². The number of aliphatic hydroxyl groups is 2. The zero-order valence-corrected chi connectivity index (χ0v) is 24.7. The lowest BCUT2D eigenvalue weighted by Gasteiger charge is -2.60. The zero-order chi connectivity index (χ0) is 27.7. The van der Waals surface area contributed by atoms with Gasteiger partial charge in [-0.1, -0.05) is 56.5 Å². The van der Waals surface area contributed by atoms with Gasteiger partial charge < -0.3 is 10.2 Å². The number of aliphatic hydroxyl groups excluding tert-OH is 1. The van der Waals surface area contributed by atoms with Gasteiger partial charge in [0, 0.05) is 11.6 Å². The van der Waals surface area contributed by atoms with Crippen molar-refractivity contribution in [2.45, 2.75) is 107 Å². The average Bonchev–Trinajstić information content (AvgIpc) is 3.48. The van der Waals surface area contributed by atoms with Gasteiger partial charge in [-0.15, -0.1) is 0 Å². The lowest BCUT2D eigenvalue weighted by molar-refractivity contribution is -0.177. The van der Waals surface area contributed by atoms with Crippen molar-refractivity contribution in [2.24, 2.45) is 28.6 Å². The lowest BCUT2D eigenvalue weighted by Crippen LogP contribution is -2.62. The quantitative estimate of drug-likeness (QED) is 0.434. The minimum Gasteiger partial charge on any atom is -0.393 e. The second-order valence-corrected chi connectivity index (χ2v) is 14.9. The Labute approximate surface area is 242 Å². The molecule has 0 bridgehead atoms. The van der Waals surface area contributed by atoms with E-state index in [0.29, 0.717) is 24.8 Å². The first-order chi connectivity index (χ1) is 19.2. The monoisotopic (exact) mass is 561 g/mol. The number of hydrogen-bond acceptors (Lipinski definition) is 6. The maximum atomic E-state index is 13.6. The Morgan fingerprint density at radius 3 is 2.75 bits per heavy atom. The summed E-state index contributed by atoms with van der Waals surface area (Å²) in [6.07, 6.45) is 16.9. The molecule has 0 radical (unpaired) electrons. The summed E-state index contributed by atoms with van der Waals surface area (Å²) in [5.74, 6) is 0.768. The minimum absolute atomic E-state index is 0.112. The highest BCUT2D eigenvalue weighted by atomic mass is 32.2. The second-order valence-electron chi connectivity index (χ2n) is 13.9. The van der Waals surface area contributed by atoms with E-state index in [1.54, 1.807) is 6.20 Å². The van der Waals surface area contributed by atoms with E-state index in [0.717, 1.165) is 30.7 Å². The molecule has 5 aliphatic rings. The summed E-state index contributed by atoms with van der Waals surface area (Å²) in [5.41, 5.74) is 1.97. The summed E-state index contributed by atoms with van der Waals surface area (Å²) in [6.45, 7) is 4.46. The normalized spacial score (nSPS) is 39.0. The molecular weight excluding hydrogens is 518 g/mol. The van der Waals surface area contributed by atoms with E-state index in [-0.39, 0.29) is 28.8 Å². The van der Waals surface area contributed by atoms with Gasteiger partial charge in [-0.2, -0.15) is 5.10 Å². The number of rotatable bonds is 5. The maximum absolute atomic E-state index is 13.6. The molecule has 0 amide bonds. The van der Waals surface area contributed by atoms with Crippen LogP contribution in [0.15, 0.2) is 41.2 Å². The third-order valence-corrected chi connectivity index (χ3v) is 12.9. The highest BCUT2D eigenvalue weighted by molar-refractivity contribution is 7.99. The van der Waals surface area contributed by atoms with Crippen molar-refractivity contribution in [3.63, 3.8) is 0 Å². The van der Waals surface area contributed by atoms with E-state index >= 15 is 0 Å². The number of aromatic nitrogens is 3. The molecule has 214 valence electrons. The number of fused-ring (bicyclic) bond motifs is 6. The molecule has 2 aromatic heterocycles. The van der Waals surface area contributed by atoms with Crippen LogP contribution in [0.4, 0.5) is 0 Å². The van der Waals surface area contributed by atoms with Crippen LogP contribution in [0.2, 0.25) is 0 Å². The summed E-state index contributed by atoms with van der Waals surface area (Å²) >= 11 is 1.40. The van der Waals surface area contributed by atoms with Crippen molar-refractivity contribution in [2.75, 3.05) is 5.75 Å². The molecule has 7 atom stereocenters. The first kappa shape index (κ1) is 26.9. The highest BCUT2D eigenvalue weighted by Crippen LogP contribution is 2.67. The molecule has 2 heterocycles. The molecule has 7 heteroatoms. The predicted molar refractivity (Wildman–Crippen MR) is 157 cm³/mol. The number of carbonyl (C=O) groups is 1. The van der Waals surface area contributed by atoms with Gasteiger partial charge in [-0.25, -0.2) is 4.98 Å². The third-order valence-electron chi connectivity index (χ3n) is 12.0. The Hall–Kier alpha value is -1.96. The van der Waals surface area contributed by atoms with Crippen LogP contribution in [0.25, 0.3) is 6.08 Å². The number of Topliss-reactive ketones (excluding diaryl/α,β-unsaturated/α-hetero) is 1. The van der Waals surface area contributed by atoms with Crippen LogP contribution in [0, 0.1) is 28.6 Å². The molecule has 40 heavy (non-hydrogen) atoms. The van der Waals surface area contributed by atoms with Crippen LogP contribution in [0.1, 0.15) is 95.4 Å². The minimum atomic E-state index is -1.40. The lowest BCUT2D eigenvalue weighted by atomic mass is 9.45. The van der Waals surface area contributed by atoms with Crippen molar-refractivity contribution >= 4 is 23.6 Å². The maximum Gasteiger partial charge on any atom is 0.175 e. The van der Waals surface area contributed by atoms with E-state index in [1.165, 1.54) is 60.7 Å². The number of allylic oxidation sites excluding steroid dienone is 1. The summed E-state index contributed by atoms with van der Waals surface area (Å²) in [7, 11) is 0. The Morgan fingerprint density at radius 1 is 1.15 bits per heavy atom. The SMILES string of the molecule is CC12Cc3cnn(C4CCCCC4)c3C=C1CCC1C2C(O)CC2(C)C1CC[C@]2(O)C(=O)CSc1ccccn1. The summed E-state index contributed by atoms with van der Waals surface area (Å²) in [4.78, 5) is 18.0.